The van der Waals surface area contributed by atoms with Crippen LogP contribution in [0.25, 0.3) is 22.4 Å². The minimum Gasteiger partial charge on any atom is -0.443 e. The topological polar surface area (TPSA) is 54.7 Å². The smallest absolute Gasteiger partial charge is 0.182 e. The van der Waals surface area contributed by atoms with Gasteiger partial charge < -0.3 is 9.40 Å². The fourth-order valence-electron chi connectivity index (χ4n) is 2.61. The van der Waals surface area contributed by atoms with Crippen molar-refractivity contribution in [1.82, 2.24) is 15.0 Å². The van der Waals surface area contributed by atoms with Crippen LogP contribution in [0.5, 0.6) is 0 Å². The van der Waals surface area contributed by atoms with Crippen LogP contribution < -0.4 is 0 Å². The molecule has 3 rings (SSSR count). The normalized spacial score (nSPS) is 13.0. The molecular formula is C18H23N3O. The highest BCUT2D eigenvalue weighted by atomic mass is 16.3. The van der Waals surface area contributed by atoms with Gasteiger partial charge in [0.25, 0.3) is 0 Å². The molecule has 2 heterocycles. The molecule has 0 amide bonds. The van der Waals surface area contributed by atoms with Crippen LogP contribution in [0, 0.1) is 0 Å². The number of hydrogen-bond acceptors (Lipinski definition) is 3. The van der Waals surface area contributed by atoms with E-state index in [2.05, 4.69) is 68.6 Å². The first-order chi connectivity index (χ1) is 10.2. The molecule has 0 aliphatic rings. The molecule has 2 aromatic heterocycles. The summed E-state index contributed by atoms with van der Waals surface area (Å²) in [6, 6.07) is 4.23. The monoisotopic (exact) mass is 297 g/mol. The van der Waals surface area contributed by atoms with E-state index >= 15 is 0 Å². The van der Waals surface area contributed by atoms with E-state index in [4.69, 9.17) is 4.42 Å². The van der Waals surface area contributed by atoms with Gasteiger partial charge in [-0.1, -0.05) is 47.6 Å². The van der Waals surface area contributed by atoms with Gasteiger partial charge in [0.1, 0.15) is 11.3 Å². The third-order valence-corrected chi connectivity index (χ3v) is 3.87. The summed E-state index contributed by atoms with van der Waals surface area (Å²) in [5.41, 5.74) is 4.92. The number of hydrogen-bond donors (Lipinski definition) is 1. The number of nitrogens with zero attached hydrogens (tertiary/aromatic N) is 2. The Balaban J connectivity index is 2.17. The zero-order chi connectivity index (χ0) is 16.1. The van der Waals surface area contributed by atoms with E-state index in [-0.39, 0.29) is 10.8 Å². The second kappa shape index (κ2) is 4.70. The molecule has 22 heavy (non-hydrogen) atoms. The third kappa shape index (κ3) is 2.43. The average Bonchev–Trinajstić information content (AvgIpc) is 3.04. The Labute approximate surface area is 131 Å². The van der Waals surface area contributed by atoms with Gasteiger partial charge in [-0.25, -0.2) is 9.97 Å². The van der Waals surface area contributed by atoms with Crippen molar-refractivity contribution in [3.05, 3.63) is 36.1 Å². The zero-order valence-corrected chi connectivity index (χ0v) is 14.1. The molecular weight excluding hydrogens is 274 g/mol. The molecule has 0 radical (unpaired) electrons. The molecule has 116 valence electrons. The maximum atomic E-state index is 5.68. The van der Waals surface area contributed by atoms with Crippen molar-refractivity contribution in [2.24, 2.45) is 0 Å². The number of benzene rings is 1. The zero-order valence-electron chi connectivity index (χ0n) is 14.1. The summed E-state index contributed by atoms with van der Waals surface area (Å²) < 4.78 is 5.68. The van der Waals surface area contributed by atoms with Crippen LogP contribution in [0.15, 0.2) is 29.1 Å². The van der Waals surface area contributed by atoms with E-state index < -0.39 is 0 Å². The van der Waals surface area contributed by atoms with Crippen LogP contribution in [0.1, 0.15) is 52.9 Å². The van der Waals surface area contributed by atoms with Gasteiger partial charge in [-0.15, -0.1) is 0 Å². The summed E-state index contributed by atoms with van der Waals surface area (Å²) in [4.78, 5) is 12.3. The van der Waals surface area contributed by atoms with Gasteiger partial charge in [0.2, 0.25) is 0 Å². The van der Waals surface area contributed by atoms with Gasteiger partial charge in [0.05, 0.1) is 11.9 Å². The van der Waals surface area contributed by atoms with Crippen molar-refractivity contribution < 1.29 is 4.42 Å². The Morgan fingerprint density at radius 2 is 1.68 bits per heavy atom. The fourth-order valence-corrected chi connectivity index (χ4v) is 2.61. The van der Waals surface area contributed by atoms with Gasteiger partial charge in [0, 0.05) is 11.0 Å². The molecule has 0 spiro atoms. The number of imidazole rings is 1. The van der Waals surface area contributed by atoms with Crippen molar-refractivity contribution in [3.63, 3.8) is 0 Å². The lowest BCUT2D eigenvalue weighted by molar-refractivity contribution is 0.553. The average molecular weight is 297 g/mol. The van der Waals surface area contributed by atoms with E-state index in [9.17, 15) is 0 Å². The molecule has 0 saturated carbocycles. The first kappa shape index (κ1) is 14.8. The second-order valence-electron chi connectivity index (χ2n) is 7.84. The molecule has 4 nitrogen and oxygen atoms in total. The highest BCUT2D eigenvalue weighted by Gasteiger charge is 2.23. The fraction of sp³-hybridized carbons (Fsp3) is 0.444. The molecule has 1 N–H and O–H groups in total. The number of nitrogens with one attached hydrogen (secondary N) is 1. The predicted molar refractivity (Wildman–Crippen MR) is 89.0 cm³/mol. The number of oxazole rings is 1. The summed E-state index contributed by atoms with van der Waals surface area (Å²) in [7, 11) is 0. The predicted octanol–water partition coefficient (Wildman–Crippen LogP) is 4.81. The Morgan fingerprint density at radius 3 is 2.27 bits per heavy atom. The van der Waals surface area contributed by atoms with Gasteiger partial charge in [0.15, 0.2) is 12.0 Å². The summed E-state index contributed by atoms with van der Waals surface area (Å²) in [6.07, 6.45) is 3.39. The summed E-state index contributed by atoms with van der Waals surface area (Å²) in [6.45, 7) is 13.0. The largest absolute Gasteiger partial charge is 0.443 e. The van der Waals surface area contributed by atoms with E-state index in [1.165, 1.54) is 12.0 Å². The Hall–Kier alpha value is -2.10. The van der Waals surface area contributed by atoms with Crippen LogP contribution >= 0.6 is 0 Å². The SMILES string of the molecule is CC(C)(C)c1ncc(-c2ccc(C(C)(C)C)c3ncoc23)[nH]1. The van der Waals surface area contributed by atoms with E-state index in [0.717, 1.165) is 28.2 Å². The molecule has 0 atom stereocenters. The summed E-state index contributed by atoms with van der Waals surface area (Å²) >= 11 is 0. The highest BCUT2D eigenvalue weighted by molar-refractivity contribution is 5.91. The second-order valence-corrected chi connectivity index (χ2v) is 7.84. The Kier molecular flexibility index (Phi) is 3.17. The van der Waals surface area contributed by atoms with Crippen molar-refractivity contribution in [3.8, 4) is 11.3 Å². The molecule has 0 aliphatic heterocycles. The van der Waals surface area contributed by atoms with E-state index in [1.54, 1.807) is 0 Å². The number of aromatic amines is 1. The van der Waals surface area contributed by atoms with Crippen LogP contribution in [-0.2, 0) is 10.8 Å². The molecule has 0 saturated heterocycles. The van der Waals surface area contributed by atoms with Crippen LogP contribution in [-0.4, -0.2) is 15.0 Å². The number of H-pyrrole nitrogens is 1. The quantitative estimate of drug-likeness (QED) is 0.701. The maximum absolute atomic E-state index is 5.68. The molecule has 0 bridgehead atoms. The van der Waals surface area contributed by atoms with Crippen molar-refractivity contribution in [1.29, 1.82) is 0 Å². The lowest BCUT2D eigenvalue weighted by atomic mass is 9.85. The minimum absolute atomic E-state index is 0.00979. The summed E-state index contributed by atoms with van der Waals surface area (Å²) in [5.74, 6) is 0.968. The van der Waals surface area contributed by atoms with E-state index in [0.29, 0.717) is 0 Å². The number of rotatable bonds is 1. The summed E-state index contributed by atoms with van der Waals surface area (Å²) in [5, 5.41) is 0. The van der Waals surface area contributed by atoms with Crippen molar-refractivity contribution >= 4 is 11.1 Å². The van der Waals surface area contributed by atoms with Crippen LogP contribution in [0.2, 0.25) is 0 Å². The maximum Gasteiger partial charge on any atom is 0.182 e. The number of aromatic nitrogens is 3. The van der Waals surface area contributed by atoms with Crippen molar-refractivity contribution in [2.45, 2.75) is 52.4 Å². The first-order valence-corrected chi connectivity index (χ1v) is 7.60. The van der Waals surface area contributed by atoms with E-state index in [1.807, 2.05) is 6.20 Å². The highest BCUT2D eigenvalue weighted by Crippen LogP contribution is 2.35. The van der Waals surface area contributed by atoms with Crippen molar-refractivity contribution in [2.75, 3.05) is 0 Å². The van der Waals surface area contributed by atoms with Gasteiger partial charge in [-0.2, -0.15) is 0 Å². The van der Waals surface area contributed by atoms with Crippen LogP contribution in [0.4, 0.5) is 0 Å². The lowest BCUT2D eigenvalue weighted by Crippen LogP contribution is -2.13. The molecule has 0 aliphatic carbocycles. The lowest BCUT2D eigenvalue weighted by Gasteiger charge is -2.19. The first-order valence-electron chi connectivity index (χ1n) is 7.60. The van der Waals surface area contributed by atoms with Gasteiger partial charge in [-0.05, 0) is 17.0 Å². The molecule has 3 aromatic rings. The molecule has 1 aromatic carbocycles. The van der Waals surface area contributed by atoms with Crippen LogP contribution in [0.3, 0.4) is 0 Å². The minimum atomic E-state index is -0.00979. The van der Waals surface area contributed by atoms with Gasteiger partial charge >= 0.3 is 0 Å². The molecule has 0 unspecified atom stereocenters. The van der Waals surface area contributed by atoms with Gasteiger partial charge in [-0.3, -0.25) is 0 Å². The number of fused-ring (bicyclic) bond motifs is 1. The Bertz CT molecular complexity index is 813. The molecule has 0 fully saturated rings. The standard InChI is InChI=1S/C18H23N3O/c1-17(2,3)12-8-7-11(15-14(12)20-10-22-15)13-9-19-16(21-13)18(4,5)6/h7-10H,1-6H3,(H,19,21). The third-order valence-electron chi connectivity index (χ3n) is 3.87. The Morgan fingerprint density at radius 1 is 0.955 bits per heavy atom. The molecule has 4 heteroatoms.